The van der Waals surface area contributed by atoms with E-state index in [4.69, 9.17) is 29.2 Å². The maximum Gasteiger partial charge on any atom is 0.330 e. The summed E-state index contributed by atoms with van der Waals surface area (Å²) in [6.45, 7) is 8.24. The van der Waals surface area contributed by atoms with Gasteiger partial charge in [-0.3, -0.25) is 18.3 Å². The quantitative estimate of drug-likeness (QED) is 0.208. The first-order chi connectivity index (χ1) is 28.8. The summed E-state index contributed by atoms with van der Waals surface area (Å²) in [5, 5.41) is 6.86. The fourth-order valence-corrected chi connectivity index (χ4v) is 10.8. The second-order valence-electron chi connectivity index (χ2n) is 17.3. The van der Waals surface area contributed by atoms with E-state index in [2.05, 4.69) is 44.8 Å². The summed E-state index contributed by atoms with van der Waals surface area (Å²) in [5.74, 6) is 3.68. The lowest BCUT2D eigenvalue weighted by molar-refractivity contribution is -0.00160. The van der Waals surface area contributed by atoms with Crippen LogP contribution in [0.5, 0.6) is 11.5 Å². The molecule has 5 fully saturated rings. The summed E-state index contributed by atoms with van der Waals surface area (Å²) in [7, 11) is 1.78. The van der Waals surface area contributed by atoms with Crippen LogP contribution in [0.4, 0.5) is 23.3 Å². The lowest BCUT2D eigenvalue weighted by Gasteiger charge is -2.32. The first-order valence-electron chi connectivity index (χ1n) is 21.1. The first kappa shape index (κ1) is 35.2. The standard InChI is InChI=1S/C43H47N11O5/c1-22-16-33-24(8-14-57-33)18-28(22)46-40-44-20-30-38(48-40)53(42(55)50(30)3)26-6-10-51(11-7-26)12-13-52-31-21-45-41(47-29-19-25-9-15-58-34(25)17-23(29)2)49-39(31)54(43(52)56)36-32-5-4-27-35(36)37(27)59-32/h16-21,26-27,32,35-37H,4-15H2,1-3H3,(H,44,46,48)(H,45,47,49). The Morgan fingerprint density at radius 1 is 0.746 bits per heavy atom. The van der Waals surface area contributed by atoms with E-state index in [9.17, 15) is 9.59 Å². The summed E-state index contributed by atoms with van der Waals surface area (Å²) in [6, 6.07) is 8.31. The maximum atomic E-state index is 14.5. The van der Waals surface area contributed by atoms with Crippen LogP contribution >= 0.6 is 0 Å². The van der Waals surface area contributed by atoms with E-state index >= 15 is 0 Å². The zero-order valence-electron chi connectivity index (χ0n) is 33.5. The van der Waals surface area contributed by atoms with Gasteiger partial charge in [-0.1, -0.05) is 0 Å². The average Bonchev–Trinajstić information content (AvgIpc) is 3.72. The Morgan fingerprint density at radius 3 is 1.98 bits per heavy atom. The Morgan fingerprint density at radius 2 is 1.37 bits per heavy atom. The minimum atomic E-state index is -0.0909. The number of hydrogen-bond donors (Lipinski definition) is 2. The van der Waals surface area contributed by atoms with Crippen LogP contribution in [0.1, 0.15) is 60.0 Å². The van der Waals surface area contributed by atoms with Crippen molar-refractivity contribution in [1.82, 2.24) is 43.1 Å². The lowest BCUT2D eigenvalue weighted by atomic mass is 9.92. The summed E-state index contributed by atoms with van der Waals surface area (Å²) in [4.78, 5) is 49.9. The van der Waals surface area contributed by atoms with Gasteiger partial charge in [-0.15, -0.1) is 0 Å². The highest BCUT2D eigenvalue weighted by Gasteiger charge is 2.67. The molecule has 9 heterocycles. The van der Waals surface area contributed by atoms with E-state index in [0.29, 0.717) is 66.8 Å². The Labute approximate surface area is 339 Å². The van der Waals surface area contributed by atoms with Crippen molar-refractivity contribution in [3.8, 4) is 11.5 Å². The van der Waals surface area contributed by atoms with E-state index in [1.54, 1.807) is 24.0 Å². The molecule has 0 amide bonds. The molecule has 5 atom stereocenters. The van der Waals surface area contributed by atoms with Gasteiger partial charge in [0, 0.05) is 69.4 Å². The molecule has 3 saturated heterocycles. The van der Waals surface area contributed by atoms with Gasteiger partial charge in [0.15, 0.2) is 11.3 Å². The number of rotatable bonds is 9. The number of piperidine rings is 1. The number of anilines is 4. The molecule has 2 saturated carbocycles. The van der Waals surface area contributed by atoms with Gasteiger partial charge in [-0.05, 0) is 92.0 Å². The van der Waals surface area contributed by atoms with Crippen molar-refractivity contribution < 1.29 is 14.2 Å². The molecule has 0 radical (unpaired) electrons. The van der Waals surface area contributed by atoms with Crippen molar-refractivity contribution in [2.75, 3.05) is 43.5 Å². The Kier molecular flexibility index (Phi) is 7.84. The summed E-state index contributed by atoms with van der Waals surface area (Å²) < 4.78 is 25.2. The number of nitrogens with zero attached hydrogens (tertiary/aromatic N) is 9. The maximum absolute atomic E-state index is 14.5. The van der Waals surface area contributed by atoms with Crippen molar-refractivity contribution in [3.05, 3.63) is 79.9 Å². The fourth-order valence-electron chi connectivity index (χ4n) is 10.8. The molecule has 0 spiro atoms. The number of aromatic nitrogens is 8. The summed E-state index contributed by atoms with van der Waals surface area (Å²) in [5.41, 5.74) is 8.89. The highest BCUT2D eigenvalue weighted by molar-refractivity contribution is 5.75. The van der Waals surface area contributed by atoms with Crippen molar-refractivity contribution in [3.63, 3.8) is 0 Å². The second-order valence-corrected chi connectivity index (χ2v) is 17.3. The number of aryl methyl sites for hydroxylation is 3. The highest BCUT2D eigenvalue weighted by atomic mass is 16.5. The predicted octanol–water partition coefficient (Wildman–Crippen LogP) is 4.70. The summed E-state index contributed by atoms with van der Waals surface area (Å²) >= 11 is 0. The van der Waals surface area contributed by atoms with Crippen LogP contribution < -0.4 is 31.5 Å². The molecule has 7 aliphatic rings. The topological polar surface area (TPSA) is 160 Å². The first-order valence-corrected chi connectivity index (χ1v) is 21.1. The molecule has 59 heavy (non-hydrogen) atoms. The SMILES string of the molecule is Cc1cc2c(cc1Nc1ncc3c(n1)n(C1CCN(CCn4c(=O)n(C5C6CCC7C(O6)C75)c5nc(Nc6cc7c(cc6C)OCC7)ncc54)CC1)c(=O)n3C)CCO2. The minimum absolute atomic E-state index is 0.0147. The number of ether oxygens (including phenoxy) is 3. The van der Waals surface area contributed by atoms with Gasteiger partial charge in [0.05, 0.1) is 43.9 Å². The van der Waals surface area contributed by atoms with Crippen molar-refractivity contribution in [2.45, 2.75) is 83.2 Å². The molecule has 4 bridgehead atoms. The smallest absolute Gasteiger partial charge is 0.330 e. The lowest BCUT2D eigenvalue weighted by Crippen LogP contribution is -2.40. The molecule has 2 N–H and O–H groups in total. The van der Waals surface area contributed by atoms with Crippen LogP contribution in [0.15, 0.2) is 46.2 Å². The van der Waals surface area contributed by atoms with Crippen LogP contribution in [-0.2, 0) is 31.2 Å². The number of nitrogens with one attached hydrogen (secondary N) is 2. The molecule has 2 aliphatic carbocycles. The molecule has 16 nitrogen and oxygen atoms in total. The van der Waals surface area contributed by atoms with Crippen LogP contribution in [0.25, 0.3) is 22.3 Å². The molecular formula is C43H47N11O5. The largest absolute Gasteiger partial charge is 0.493 e. The van der Waals surface area contributed by atoms with E-state index in [1.165, 1.54) is 12.0 Å². The normalized spacial score (nSPS) is 24.4. The molecule has 4 aromatic heterocycles. The fraction of sp³-hybridized carbons (Fsp3) is 0.488. The molecular weight excluding hydrogens is 751 g/mol. The molecule has 13 rings (SSSR count). The van der Waals surface area contributed by atoms with Gasteiger partial charge in [0.1, 0.15) is 22.5 Å². The van der Waals surface area contributed by atoms with E-state index < -0.39 is 0 Å². The third kappa shape index (κ3) is 5.55. The number of benzene rings is 2. The van der Waals surface area contributed by atoms with Gasteiger partial charge in [0.2, 0.25) is 11.9 Å². The summed E-state index contributed by atoms with van der Waals surface area (Å²) in [6.07, 6.45) is 9.28. The molecule has 5 unspecified atom stereocenters. The van der Waals surface area contributed by atoms with Gasteiger partial charge in [0.25, 0.3) is 0 Å². The molecule has 6 aromatic rings. The Hall–Kier alpha value is -5.74. The molecule has 304 valence electrons. The zero-order valence-corrected chi connectivity index (χ0v) is 33.5. The third-order valence-corrected chi connectivity index (χ3v) is 14.0. The zero-order chi connectivity index (χ0) is 39.7. The Bertz CT molecular complexity index is 2830. The minimum Gasteiger partial charge on any atom is -0.493 e. The van der Waals surface area contributed by atoms with Gasteiger partial charge in [-0.2, -0.15) is 9.97 Å². The predicted molar refractivity (Wildman–Crippen MR) is 221 cm³/mol. The van der Waals surface area contributed by atoms with Crippen molar-refractivity contribution >= 4 is 45.6 Å². The van der Waals surface area contributed by atoms with Gasteiger partial charge < -0.3 is 29.7 Å². The highest BCUT2D eigenvalue weighted by Crippen LogP contribution is 2.64. The van der Waals surface area contributed by atoms with Crippen LogP contribution in [-0.4, -0.2) is 88.2 Å². The molecule has 5 aliphatic heterocycles. The number of fused-ring (bicyclic) bond motifs is 5. The molecule has 16 heteroatoms. The van der Waals surface area contributed by atoms with Crippen molar-refractivity contribution in [1.29, 1.82) is 0 Å². The number of hydrogen-bond acceptors (Lipinski definition) is 12. The second kappa shape index (κ2) is 13.1. The van der Waals surface area contributed by atoms with Crippen LogP contribution in [0.3, 0.4) is 0 Å². The van der Waals surface area contributed by atoms with Gasteiger partial charge in [-0.25, -0.2) is 19.6 Å². The average molecular weight is 798 g/mol. The molecule has 2 aromatic carbocycles. The van der Waals surface area contributed by atoms with E-state index in [0.717, 1.165) is 90.3 Å². The van der Waals surface area contributed by atoms with Gasteiger partial charge >= 0.3 is 11.4 Å². The van der Waals surface area contributed by atoms with Crippen LogP contribution in [0, 0.1) is 25.7 Å². The van der Waals surface area contributed by atoms with Crippen molar-refractivity contribution in [2.24, 2.45) is 18.9 Å². The van der Waals surface area contributed by atoms with E-state index in [1.807, 2.05) is 27.5 Å². The third-order valence-electron chi connectivity index (χ3n) is 14.0. The number of likely N-dealkylation sites (tertiary alicyclic amines) is 1. The van der Waals surface area contributed by atoms with Crippen LogP contribution in [0.2, 0.25) is 0 Å². The number of imidazole rings is 2. The van der Waals surface area contributed by atoms with E-state index in [-0.39, 0.29) is 35.7 Å². The monoisotopic (exact) mass is 797 g/mol. The Balaban J connectivity index is 0.790.